The first-order chi connectivity index (χ1) is 8.22. The van der Waals surface area contributed by atoms with Crippen molar-refractivity contribution < 1.29 is 14.3 Å². The Morgan fingerprint density at radius 3 is 3.12 bits per heavy atom. The van der Waals surface area contributed by atoms with E-state index in [0.29, 0.717) is 18.2 Å². The lowest BCUT2D eigenvalue weighted by molar-refractivity contribution is -0.116. The van der Waals surface area contributed by atoms with Crippen LogP contribution in [0.15, 0.2) is 28.9 Å². The van der Waals surface area contributed by atoms with Gasteiger partial charge in [0.05, 0.1) is 6.26 Å². The van der Waals surface area contributed by atoms with Crippen molar-refractivity contribution in [2.75, 3.05) is 13.2 Å². The highest BCUT2D eigenvalue weighted by molar-refractivity contribution is 5.91. The molecular weight excluding hydrogens is 218 g/mol. The van der Waals surface area contributed by atoms with E-state index in [2.05, 4.69) is 5.32 Å². The molecule has 0 fully saturated rings. The molecule has 0 aliphatic rings. The first-order valence-corrected chi connectivity index (χ1v) is 5.82. The molecule has 1 amide bonds. The maximum absolute atomic E-state index is 11.4. The Balaban J connectivity index is 2.13. The van der Waals surface area contributed by atoms with Gasteiger partial charge in [-0.3, -0.25) is 4.79 Å². The lowest BCUT2D eigenvalue weighted by Crippen LogP contribution is -2.22. The number of nitrogens with one attached hydrogen (secondary N) is 1. The molecule has 1 heterocycles. The number of hydrogen-bond donors (Lipinski definition) is 2. The summed E-state index contributed by atoms with van der Waals surface area (Å²) in [4.78, 5) is 11.4. The predicted molar refractivity (Wildman–Crippen MR) is 66.2 cm³/mol. The maximum Gasteiger partial charge on any atom is 0.244 e. The van der Waals surface area contributed by atoms with Gasteiger partial charge < -0.3 is 14.8 Å². The highest BCUT2D eigenvalue weighted by Crippen LogP contribution is 2.03. The Morgan fingerprint density at radius 2 is 2.47 bits per heavy atom. The summed E-state index contributed by atoms with van der Waals surface area (Å²) in [5, 5.41) is 11.6. The van der Waals surface area contributed by atoms with Crippen LogP contribution in [0.5, 0.6) is 0 Å². The summed E-state index contributed by atoms with van der Waals surface area (Å²) >= 11 is 0. The third kappa shape index (κ3) is 5.92. The first-order valence-electron chi connectivity index (χ1n) is 5.82. The number of amides is 1. The quantitative estimate of drug-likeness (QED) is 0.561. The van der Waals surface area contributed by atoms with Crippen LogP contribution in [0.25, 0.3) is 6.08 Å². The molecule has 94 valence electrons. The van der Waals surface area contributed by atoms with Crippen LogP contribution in [0.3, 0.4) is 0 Å². The molecule has 1 rings (SSSR count). The molecule has 4 nitrogen and oxygen atoms in total. The lowest BCUT2D eigenvalue weighted by atomic mass is 10.1. The van der Waals surface area contributed by atoms with Crippen molar-refractivity contribution in [3.05, 3.63) is 30.2 Å². The summed E-state index contributed by atoms with van der Waals surface area (Å²) in [5.41, 5.74) is 0. The Labute approximate surface area is 101 Å². The second kappa shape index (κ2) is 7.68. The van der Waals surface area contributed by atoms with Gasteiger partial charge in [0.15, 0.2) is 0 Å². The predicted octanol–water partition coefficient (Wildman–Crippen LogP) is 1.82. The van der Waals surface area contributed by atoms with E-state index in [1.807, 2.05) is 6.92 Å². The van der Waals surface area contributed by atoms with Crippen molar-refractivity contribution in [1.82, 2.24) is 5.32 Å². The van der Waals surface area contributed by atoms with E-state index in [-0.39, 0.29) is 12.5 Å². The lowest BCUT2D eigenvalue weighted by Gasteiger charge is -2.07. The number of hydrogen-bond acceptors (Lipinski definition) is 3. The van der Waals surface area contributed by atoms with Crippen LogP contribution < -0.4 is 5.32 Å². The van der Waals surface area contributed by atoms with Gasteiger partial charge in [-0.25, -0.2) is 0 Å². The Bertz CT molecular complexity index is 344. The number of aliphatic hydroxyl groups is 1. The highest BCUT2D eigenvalue weighted by Gasteiger charge is 2.00. The van der Waals surface area contributed by atoms with Crippen molar-refractivity contribution in [2.24, 2.45) is 5.92 Å². The first kappa shape index (κ1) is 13.5. The summed E-state index contributed by atoms with van der Waals surface area (Å²) in [6, 6.07) is 3.56. The highest BCUT2D eigenvalue weighted by atomic mass is 16.3. The van der Waals surface area contributed by atoms with Crippen LogP contribution in [0.2, 0.25) is 0 Å². The fourth-order valence-electron chi connectivity index (χ4n) is 1.36. The number of aliphatic hydroxyl groups excluding tert-OH is 1. The minimum Gasteiger partial charge on any atom is -0.465 e. The second-order valence-corrected chi connectivity index (χ2v) is 4.07. The van der Waals surface area contributed by atoms with Gasteiger partial charge in [0.1, 0.15) is 5.76 Å². The molecule has 2 N–H and O–H groups in total. The molecule has 0 aliphatic carbocycles. The fourth-order valence-corrected chi connectivity index (χ4v) is 1.36. The summed E-state index contributed by atoms with van der Waals surface area (Å²) in [6.45, 7) is 2.82. The minimum absolute atomic E-state index is 0.127. The van der Waals surface area contributed by atoms with Gasteiger partial charge >= 0.3 is 0 Å². The van der Waals surface area contributed by atoms with Gasteiger partial charge in [0.2, 0.25) is 5.91 Å². The molecular formula is C13H19NO3. The minimum atomic E-state index is -0.127. The van der Waals surface area contributed by atoms with E-state index in [0.717, 1.165) is 12.8 Å². The average molecular weight is 237 g/mol. The summed E-state index contributed by atoms with van der Waals surface area (Å²) in [6.07, 6.45) is 6.44. The van der Waals surface area contributed by atoms with Crippen LogP contribution in [0.4, 0.5) is 0 Å². The summed E-state index contributed by atoms with van der Waals surface area (Å²) < 4.78 is 5.06. The SMILES string of the molecule is CC(CO)CCCNC(=O)/C=C/c1ccco1. The van der Waals surface area contributed by atoms with Gasteiger partial charge in [-0.1, -0.05) is 6.92 Å². The smallest absolute Gasteiger partial charge is 0.244 e. The summed E-state index contributed by atoms with van der Waals surface area (Å²) in [7, 11) is 0. The molecule has 0 saturated carbocycles. The zero-order valence-electron chi connectivity index (χ0n) is 10.1. The van der Waals surface area contributed by atoms with E-state index < -0.39 is 0 Å². The largest absolute Gasteiger partial charge is 0.465 e. The number of carbonyl (C=O) groups is 1. The van der Waals surface area contributed by atoms with Crippen LogP contribution in [0.1, 0.15) is 25.5 Å². The van der Waals surface area contributed by atoms with Crippen LogP contribution in [-0.2, 0) is 4.79 Å². The topological polar surface area (TPSA) is 62.5 Å². The molecule has 4 heteroatoms. The van der Waals surface area contributed by atoms with Crippen molar-refractivity contribution in [1.29, 1.82) is 0 Å². The number of furan rings is 1. The fraction of sp³-hybridized carbons (Fsp3) is 0.462. The number of rotatable bonds is 7. The molecule has 0 bridgehead atoms. The van der Waals surface area contributed by atoms with Crippen LogP contribution in [0, 0.1) is 5.92 Å². The Morgan fingerprint density at radius 1 is 1.65 bits per heavy atom. The van der Waals surface area contributed by atoms with Gasteiger partial charge in [-0.05, 0) is 37.0 Å². The zero-order chi connectivity index (χ0) is 12.5. The van der Waals surface area contributed by atoms with Gasteiger partial charge in [-0.2, -0.15) is 0 Å². The molecule has 0 radical (unpaired) electrons. The molecule has 0 saturated heterocycles. The molecule has 0 aliphatic heterocycles. The second-order valence-electron chi connectivity index (χ2n) is 4.07. The van der Waals surface area contributed by atoms with E-state index in [1.165, 1.54) is 6.08 Å². The molecule has 1 atom stereocenters. The zero-order valence-corrected chi connectivity index (χ0v) is 10.1. The Hall–Kier alpha value is -1.55. The van der Waals surface area contributed by atoms with Crippen molar-refractivity contribution >= 4 is 12.0 Å². The molecule has 17 heavy (non-hydrogen) atoms. The third-order valence-corrected chi connectivity index (χ3v) is 2.43. The van der Waals surface area contributed by atoms with E-state index >= 15 is 0 Å². The molecule has 1 aromatic heterocycles. The molecule has 1 unspecified atom stereocenters. The number of carbonyl (C=O) groups excluding carboxylic acids is 1. The van der Waals surface area contributed by atoms with E-state index in [4.69, 9.17) is 9.52 Å². The standard InChI is InChI=1S/C13H19NO3/c1-11(10-15)4-2-8-14-13(16)7-6-12-5-3-9-17-12/h3,5-7,9,11,15H,2,4,8,10H2,1H3,(H,14,16)/b7-6+. The van der Waals surface area contributed by atoms with Gasteiger partial charge in [0, 0.05) is 19.2 Å². The molecule has 0 spiro atoms. The third-order valence-electron chi connectivity index (χ3n) is 2.43. The Kier molecular flexibility index (Phi) is 6.10. The van der Waals surface area contributed by atoms with E-state index in [9.17, 15) is 4.79 Å². The van der Waals surface area contributed by atoms with Gasteiger partial charge in [-0.15, -0.1) is 0 Å². The monoisotopic (exact) mass is 237 g/mol. The van der Waals surface area contributed by atoms with Gasteiger partial charge in [0.25, 0.3) is 0 Å². The van der Waals surface area contributed by atoms with Crippen molar-refractivity contribution in [3.8, 4) is 0 Å². The van der Waals surface area contributed by atoms with Crippen molar-refractivity contribution in [2.45, 2.75) is 19.8 Å². The molecule has 0 aromatic carbocycles. The van der Waals surface area contributed by atoms with Crippen molar-refractivity contribution in [3.63, 3.8) is 0 Å². The van der Waals surface area contributed by atoms with E-state index in [1.54, 1.807) is 24.5 Å². The molecule has 1 aromatic rings. The normalized spacial score (nSPS) is 12.8. The summed E-state index contributed by atoms with van der Waals surface area (Å²) in [5.74, 6) is 0.831. The van der Waals surface area contributed by atoms with Crippen LogP contribution in [-0.4, -0.2) is 24.2 Å². The average Bonchev–Trinajstić information content (AvgIpc) is 2.84. The van der Waals surface area contributed by atoms with Crippen LogP contribution >= 0.6 is 0 Å². The maximum atomic E-state index is 11.4.